The van der Waals surface area contributed by atoms with Crippen molar-refractivity contribution in [2.75, 3.05) is 10.0 Å². The van der Waals surface area contributed by atoms with E-state index in [0.717, 1.165) is 5.56 Å². The zero-order valence-electron chi connectivity index (χ0n) is 16.0. The highest BCUT2D eigenvalue weighted by molar-refractivity contribution is 7.93. The van der Waals surface area contributed by atoms with Crippen LogP contribution in [0.5, 0.6) is 5.75 Å². The number of hydrogen-bond donors (Lipinski definition) is 2. The number of sulfonamides is 1. The number of carbonyl (C=O) groups excluding carboxylic acids is 1. The van der Waals surface area contributed by atoms with Crippen molar-refractivity contribution in [1.29, 1.82) is 0 Å². The molecule has 2 aromatic carbocycles. The normalized spacial score (nSPS) is 12.2. The first-order valence-corrected chi connectivity index (χ1v) is 11.3. The summed E-state index contributed by atoms with van der Waals surface area (Å²) in [5, 5.41) is 4.74. The number of aromatic nitrogens is 1. The number of hydrogen-bond acceptors (Lipinski definition) is 6. The summed E-state index contributed by atoms with van der Waals surface area (Å²) in [4.78, 5) is 16.5. The molecule has 1 amide bonds. The fraction of sp³-hybridized carbons (Fsp3) is 0.200. The van der Waals surface area contributed by atoms with Crippen molar-refractivity contribution in [2.24, 2.45) is 0 Å². The van der Waals surface area contributed by atoms with Crippen LogP contribution < -0.4 is 14.8 Å². The third-order valence-electron chi connectivity index (χ3n) is 4.02. The van der Waals surface area contributed by atoms with Gasteiger partial charge in [-0.15, -0.1) is 11.3 Å². The molecule has 0 aliphatic rings. The van der Waals surface area contributed by atoms with Crippen molar-refractivity contribution in [2.45, 2.75) is 31.3 Å². The van der Waals surface area contributed by atoms with E-state index in [1.165, 1.54) is 41.8 Å². The lowest BCUT2D eigenvalue weighted by Crippen LogP contribution is -2.32. The summed E-state index contributed by atoms with van der Waals surface area (Å²) in [6, 6.07) is 13.4. The molecule has 3 rings (SSSR count). The van der Waals surface area contributed by atoms with Gasteiger partial charge >= 0.3 is 0 Å². The van der Waals surface area contributed by atoms with Crippen LogP contribution in [-0.4, -0.2) is 25.4 Å². The topological polar surface area (TPSA) is 97.4 Å². The first-order chi connectivity index (χ1) is 13.9. The fourth-order valence-electron chi connectivity index (χ4n) is 2.56. The first-order valence-electron chi connectivity index (χ1n) is 8.94. The average Bonchev–Trinajstić information content (AvgIpc) is 3.19. The molecule has 3 aromatic rings. The molecule has 2 N–H and O–H groups in total. The summed E-state index contributed by atoms with van der Waals surface area (Å²) in [6.07, 6.45) is 1.35. The molecule has 1 atom stereocenters. The number of carbonyl (C=O) groups is 1. The van der Waals surface area contributed by atoms with Gasteiger partial charge in [-0.25, -0.2) is 13.4 Å². The second-order valence-corrected chi connectivity index (χ2v) is 8.86. The van der Waals surface area contributed by atoms with E-state index in [1.807, 2.05) is 32.0 Å². The van der Waals surface area contributed by atoms with Gasteiger partial charge in [0, 0.05) is 17.3 Å². The monoisotopic (exact) mass is 431 g/mol. The molecule has 0 saturated heterocycles. The molecule has 0 aliphatic carbocycles. The van der Waals surface area contributed by atoms with Gasteiger partial charge in [0.15, 0.2) is 11.2 Å². The van der Waals surface area contributed by atoms with Crippen LogP contribution in [0, 0.1) is 6.92 Å². The molecule has 7 nitrogen and oxygen atoms in total. The minimum atomic E-state index is -3.73. The molecule has 0 unspecified atom stereocenters. The van der Waals surface area contributed by atoms with Gasteiger partial charge in [-0.1, -0.05) is 19.1 Å². The van der Waals surface area contributed by atoms with E-state index in [4.69, 9.17) is 4.74 Å². The summed E-state index contributed by atoms with van der Waals surface area (Å²) < 4.78 is 32.9. The summed E-state index contributed by atoms with van der Waals surface area (Å²) in [7, 11) is -3.73. The molecule has 0 radical (unpaired) electrons. The van der Waals surface area contributed by atoms with Crippen LogP contribution in [0.1, 0.15) is 18.9 Å². The predicted molar refractivity (Wildman–Crippen MR) is 114 cm³/mol. The van der Waals surface area contributed by atoms with E-state index < -0.39 is 16.1 Å². The number of ether oxygens (including phenoxy) is 1. The van der Waals surface area contributed by atoms with Crippen molar-refractivity contribution in [3.63, 3.8) is 0 Å². The quantitative estimate of drug-likeness (QED) is 0.561. The Morgan fingerprint density at radius 3 is 2.59 bits per heavy atom. The van der Waals surface area contributed by atoms with Gasteiger partial charge in [-0.3, -0.25) is 9.52 Å². The van der Waals surface area contributed by atoms with E-state index in [-0.39, 0.29) is 10.8 Å². The molecule has 152 valence electrons. The third-order valence-corrected chi connectivity index (χ3v) is 6.19. The van der Waals surface area contributed by atoms with Gasteiger partial charge in [0.25, 0.3) is 15.9 Å². The van der Waals surface area contributed by atoms with E-state index in [1.54, 1.807) is 11.4 Å². The van der Waals surface area contributed by atoms with Crippen LogP contribution in [0.3, 0.4) is 0 Å². The molecule has 1 aromatic heterocycles. The number of thiazole rings is 1. The van der Waals surface area contributed by atoms with Crippen molar-refractivity contribution >= 4 is 38.1 Å². The van der Waals surface area contributed by atoms with Gasteiger partial charge in [-0.05, 0) is 55.3 Å². The molecular formula is C20H21N3O4S2. The number of nitrogens with one attached hydrogen (secondary N) is 2. The van der Waals surface area contributed by atoms with Crippen LogP contribution in [0.4, 0.5) is 10.8 Å². The summed E-state index contributed by atoms with van der Waals surface area (Å²) in [5.74, 6) is 0.326. The maximum Gasteiger partial charge on any atom is 0.265 e. The first kappa shape index (κ1) is 20.8. The third kappa shape index (κ3) is 5.55. The molecule has 9 heteroatoms. The Morgan fingerprint density at radius 2 is 1.97 bits per heavy atom. The summed E-state index contributed by atoms with van der Waals surface area (Å²) in [6.45, 7) is 3.81. The fourth-order valence-corrected chi connectivity index (χ4v) is 4.35. The molecular weight excluding hydrogens is 410 g/mol. The van der Waals surface area contributed by atoms with Crippen LogP contribution in [0.2, 0.25) is 0 Å². The maximum absolute atomic E-state index is 12.6. The highest BCUT2D eigenvalue weighted by Crippen LogP contribution is 2.20. The van der Waals surface area contributed by atoms with Crippen LogP contribution in [0.15, 0.2) is 65.0 Å². The zero-order chi connectivity index (χ0) is 20.9. The van der Waals surface area contributed by atoms with Gasteiger partial charge in [0.1, 0.15) is 5.75 Å². The van der Waals surface area contributed by atoms with Gasteiger partial charge in [0.05, 0.1) is 4.90 Å². The Morgan fingerprint density at radius 1 is 1.21 bits per heavy atom. The lowest BCUT2D eigenvalue weighted by atomic mass is 10.2. The average molecular weight is 432 g/mol. The van der Waals surface area contributed by atoms with Crippen molar-refractivity contribution in [3.05, 3.63) is 65.7 Å². The SMILES string of the molecule is CC[C@@H](Oc1cccc(C)c1)C(=O)Nc1ccc(S(=O)(=O)Nc2nccs2)cc1. The Kier molecular flexibility index (Phi) is 6.50. The van der Waals surface area contributed by atoms with Crippen LogP contribution in [-0.2, 0) is 14.8 Å². The lowest BCUT2D eigenvalue weighted by Gasteiger charge is -2.17. The standard InChI is InChI=1S/C20H21N3O4S2/c1-3-18(27-16-6-4-5-14(2)13-16)19(24)22-15-7-9-17(10-8-15)29(25,26)23-20-21-11-12-28-20/h4-13,18H,3H2,1-2H3,(H,21,23)(H,22,24)/t18-/m1/s1. The van der Waals surface area contributed by atoms with E-state index >= 15 is 0 Å². The largest absolute Gasteiger partial charge is 0.481 e. The van der Waals surface area contributed by atoms with Crippen LogP contribution >= 0.6 is 11.3 Å². The number of nitrogens with zero attached hydrogens (tertiary/aromatic N) is 1. The molecule has 29 heavy (non-hydrogen) atoms. The van der Waals surface area contributed by atoms with Crippen molar-refractivity contribution in [3.8, 4) is 5.75 Å². The molecule has 0 spiro atoms. The van der Waals surface area contributed by atoms with E-state index in [2.05, 4.69) is 15.0 Å². The molecule has 1 heterocycles. The Bertz CT molecular complexity index is 1070. The molecule has 0 aliphatic heterocycles. The second-order valence-electron chi connectivity index (χ2n) is 6.29. The Balaban J connectivity index is 1.65. The second kappa shape index (κ2) is 9.06. The van der Waals surface area contributed by atoms with Gasteiger partial charge < -0.3 is 10.1 Å². The van der Waals surface area contributed by atoms with Crippen molar-refractivity contribution < 1.29 is 17.9 Å². The van der Waals surface area contributed by atoms with Gasteiger partial charge in [0.2, 0.25) is 0 Å². The molecule has 0 saturated carbocycles. The number of amides is 1. The summed E-state index contributed by atoms with van der Waals surface area (Å²) >= 11 is 1.19. The minimum absolute atomic E-state index is 0.0775. The number of benzene rings is 2. The highest BCUT2D eigenvalue weighted by atomic mass is 32.2. The minimum Gasteiger partial charge on any atom is -0.481 e. The molecule has 0 bridgehead atoms. The van der Waals surface area contributed by atoms with E-state index in [9.17, 15) is 13.2 Å². The van der Waals surface area contributed by atoms with E-state index in [0.29, 0.717) is 23.0 Å². The number of anilines is 2. The summed E-state index contributed by atoms with van der Waals surface area (Å²) in [5.41, 5.74) is 1.52. The number of aryl methyl sites for hydroxylation is 1. The Labute approximate surface area is 173 Å². The lowest BCUT2D eigenvalue weighted by molar-refractivity contribution is -0.122. The van der Waals surface area contributed by atoms with Gasteiger partial charge in [-0.2, -0.15) is 0 Å². The van der Waals surface area contributed by atoms with Crippen LogP contribution in [0.25, 0.3) is 0 Å². The highest BCUT2D eigenvalue weighted by Gasteiger charge is 2.20. The molecule has 0 fully saturated rings. The Hall–Kier alpha value is -2.91. The van der Waals surface area contributed by atoms with Crippen molar-refractivity contribution in [1.82, 2.24) is 4.98 Å². The number of rotatable bonds is 8. The maximum atomic E-state index is 12.6. The predicted octanol–water partition coefficient (Wildman–Crippen LogP) is 4.05. The zero-order valence-corrected chi connectivity index (χ0v) is 17.6. The smallest absolute Gasteiger partial charge is 0.265 e.